The Balaban J connectivity index is 0.00000176. The van der Waals surface area contributed by atoms with Gasteiger partial charge in [0, 0.05) is 23.6 Å². The highest BCUT2D eigenvalue weighted by atomic mass is 16.6. The number of pyridine rings is 1. The smallest absolute Gasteiger partial charge is 0.338 e. The SMILES string of the molecule is CC.CC(C)(C)OC(=O)c1ccc(Cn2ccc3ccc(C#CCc4ccccc4)cc3c2=O)cc1. The fraction of sp³-hybridized carbons (Fsp3) is 0.250. The lowest BCUT2D eigenvalue weighted by molar-refractivity contribution is 0.00695. The molecule has 0 unspecified atom stereocenters. The van der Waals surface area contributed by atoms with Crippen molar-refractivity contribution in [3.63, 3.8) is 0 Å². The summed E-state index contributed by atoms with van der Waals surface area (Å²) >= 11 is 0. The number of benzene rings is 3. The molecule has 4 heteroatoms. The van der Waals surface area contributed by atoms with Crippen molar-refractivity contribution < 1.29 is 9.53 Å². The quantitative estimate of drug-likeness (QED) is 0.244. The summed E-state index contributed by atoms with van der Waals surface area (Å²) in [6.07, 6.45) is 2.46. The monoisotopic (exact) mass is 479 g/mol. The summed E-state index contributed by atoms with van der Waals surface area (Å²) in [5.74, 6) is 6.00. The lowest BCUT2D eigenvalue weighted by atomic mass is 10.1. The molecule has 0 bridgehead atoms. The third kappa shape index (κ3) is 7.20. The molecular formula is C32H33NO3. The van der Waals surface area contributed by atoms with E-state index in [-0.39, 0.29) is 11.5 Å². The zero-order valence-electron chi connectivity index (χ0n) is 21.7. The number of aromatic nitrogens is 1. The molecule has 0 amide bonds. The number of hydrogen-bond acceptors (Lipinski definition) is 3. The van der Waals surface area contributed by atoms with Gasteiger partial charge in [0.25, 0.3) is 5.56 Å². The minimum atomic E-state index is -0.543. The van der Waals surface area contributed by atoms with Gasteiger partial charge in [0.1, 0.15) is 5.60 Å². The predicted octanol–water partition coefficient (Wildman–Crippen LogP) is 6.63. The molecule has 0 N–H and O–H groups in total. The summed E-state index contributed by atoms with van der Waals surface area (Å²) < 4.78 is 7.08. The van der Waals surface area contributed by atoms with Gasteiger partial charge in [-0.05, 0) is 67.6 Å². The van der Waals surface area contributed by atoms with Crippen molar-refractivity contribution in [3.8, 4) is 11.8 Å². The van der Waals surface area contributed by atoms with Crippen molar-refractivity contribution in [2.45, 2.75) is 53.2 Å². The molecule has 36 heavy (non-hydrogen) atoms. The van der Waals surface area contributed by atoms with Crippen molar-refractivity contribution in [1.29, 1.82) is 0 Å². The molecule has 1 aromatic heterocycles. The number of nitrogens with zero attached hydrogens (tertiary/aromatic N) is 1. The molecule has 0 radical (unpaired) electrons. The van der Waals surface area contributed by atoms with Gasteiger partial charge in [-0.1, -0.05) is 74.2 Å². The largest absolute Gasteiger partial charge is 0.456 e. The molecule has 184 valence electrons. The Labute approximate surface area is 213 Å². The van der Waals surface area contributed by atoms with E-state index in [1.807, 2.05) is 101 Å². The fourth-order valence-corrected chi connectivity index (χ4v) is 3.61. The van der Waals surface area contributed by atoms with Crippen molar-refractivity contribution in [2.24, 2.45) is 0 Å². The van der Waals surface area contributed by atoms with Gasteiger partial charge < -0.3 is 9.30 Å². The molecule has 0 fully saturated rings. The summed E-state index contributed by atoms with van der Waals surface area (Å²) in [6, 6.07) is 24.9. The number of fused-ring (bicyclic) bond motifs is 1. The van der Waals surface area contributed by atoms with Crippen molar-refractivity contribution in [2.75, 3.05) is 0 Å². The molecule has 0 saturated carbocycles. The maximum atomic E-state index is 13.2. The lowest BCUT2D eigenvalue weighted by Crippen LogP contribution is -2.24. The average Bonchev–Trinajstić information content (AvgIpc) is 2.87. The first-order chi connectivity index (χ1) is 17.3. The van der Waals surface area contributed by atoms with Crippen LogP contribution in [-0.4, -0.2) is 16.1 Å². The number of hydrogen-bond donors (Lipinski definition) is 0. The van der Waals surface area contributed by atoms with Gasteiger partial charge in [0.15, 0.2) is 0 Å². The standard InChI is InChI=1S/C30H27NO3.C2H6/c1-30(2,3)34-29(33)26-16-13-24(14-17-26)21-31-19-18-25-15-12-23(20-27(25)28(31)32)11-7-10-22-8-5-4-6-9-22;1-2/h4-6,8-9,12-20H,10,21H2,1-3H3;1-2H3. The van der Waals surface area contributed by atoms with Gasteiger partial charge in [-0.25, -0.2) is 4.79 Å². The molecule has 0 spiro atoms. The summed E-state index contributed by atoms with van der Waals surface area (Å²) in [5.41, 5.74) is 2.78. The van der Waals surface area contributed by atoms with E-state index >= 15 is 0 Å². The third-order valence-electron chi connectivity index (χ3n) is 5.29. The van der Waals surface area contributed by atoms with Crippen LogP contribution in [-0.2, 0) is 17.7 Å². The van der Waals surface area contributed by atoms with E-state index in [4.69, 9.17) is 4.74 Å². The molecular weight excluding hydrogens is 446 g/mol. The molecule has 4 nitrogen and oxygen atoms in total. The van der Waals surface area contributed by atoms with Gasteiger partial charge in [-0.15, -0.1) is 0 Å². The second kappa shape index (κ2) is 12.0. The molecule has 0 atom stereocenters. The highest BCUT2D eigenvalue weighted by Crippen LogP contribution is 2.15. The fourth-order valence-electron chi connectivity index (χ4n) is 3.61. The van der Waals surface area contributed by atoms with Crippen LogP contribution in [0.3, 0.4) is 0 Å². The molecule has 3 aromatic carbocycles. The lowest BCUT2D eigenvalue weighted by Gasteiger charge is -2.19. The van der Waals surface area contributed by atoms with E-state index in [1.165, 1.54) is 0 Å². The summed E-state index contributed by atoms with van der Waals surface area (Å²) in [4.78, 5) is 25.4. The topological polar surface area (TPSA) is 48.3 Å². The van der Waals surface area contributed by atoms with E-state index in [1.54, 1.807) is 22.9 Å². The molecule has 0 aliphatic rings. The summed E-state index contributed by atoms with van der Waals surface area (Å²) in [7, 11) is 0. The van der Waals surface area contributed by atoms with E-state index in [2.05, 4.69) is 11.8 Å². The Kier molecular flexibility index (Phi) is 8.86. The van der Waals surface area contributed by atoms with E-state index < -0.39 is 5.60 Å². The van der Waals surface area contributed by atoms with Crippen molar-refractivity contribution in [1.82, 2.24) is 4.57 Å². The zero-order valence-corrected chi connectivity index (χ0v) is 21.7. The Morgan fingerprint density at radius 2 is 1.58 bits per heavy atom. The highest BCUT2D eigenvalue weighted by Gasteiger charge is 2.17. The van der Waals surface area contributed by atoms with Crippen LogP contribution in [0, 0.1) is 11.8 Å². The molecule has 4 aromatic rings. The zero-order chi connectivity index (χ0) is 26.1. The maximum Gasteiger partial charge on any atom is 0.338 e. The van der Waals surface area contributed by atoms with Crippen molar-refractivity contribution >= 4 is 16.7 Å². The molecule has 0 aliphatic heterocycles. The van der Waals surface area contributed by atoms with E-state index in [0.29, 0.717) is 23.9 Å². The Hall–Kier alpha value is -4.10. The van der Waals surface area contributed by atoms with Crippen LogP contribution in [0.5, 0.6) is 0 Å². The molecule has 0 aliphatic carbocycles. The van der Waals surface area contributed by atoms with E-state index in [9.17, 15) is 9.59 Å². The van der Waals surface area contributed by atoms with Crippen molar-refractivity contribution in [3.05, 3.63) is 118 Å². The van der Waals surface area contributed by atoms with E-state index in [0.717, 1.165) is 22.1 Å². The van der Waals surface area contributed by atoms with Crippen LogP contribution in [0.15, 0.2) is 89.9 Å². The van der Waals surface area contributed by atoms with Gasteiger partial charge >= 0.3 is 5.97 Å². The van der Waals surface area contributed by atoms with Crippen LogP contribution in [0.1, 0.15) is 61.7 Å². The second-order valence-electron chi connectivity index (χ2n) is 9.21. The highest BCUT2D eigenvalue weighted by molar-refractivity contribution is 5.89. The van der Waals surface area contributed by atoms with Gasteiger partial charge in [-0.3, -0.25) is 4.79 Å². The number of ether oxygens (including phenoxy) is 1. The Morgan fingerprint density at radius 1 is 0.889 bits per heavy atom. The average molecular weight is 480 g/mol. The predicted molar refractivity (Wildman–Crippen MR) is 147 cm³/mol. The molecule has 1 heterocycles. The summed E-state index contributed by atoms with van der Waals surface area (Å²) in [5, 5.41) is 1.52. The van der Waals surface area contributed by atoms with Crippen LogP contribution in [0.4, 0.5) is 0 Å². The minimum absolute atomic E-state index is 0.0690. The van der Waals surface area contributed by atoms with Crippen LogP contribution >= 0.6 is 0 Å². The Bertz CT molecular complexity index is 1430. The maximum absolute atomic E-state index is 13.2. The number of carbonyl (C=O) groups excluding carboxylic acids is 1. The van der Waals surface area contributed by atoms with Gasteiger partial charge in [0.2, 0.25) is 0 Å². The van der Waals surface area contributed by atoms with Crippen LogP contribution in [0.2, 0.25) is 0 Å². The first-order valence-electron chi connectivity index (χ1n) is 12.3. The number of esters is 1. The second-order valence-corrected chi connectivity index (χ2v) is 9.21. The van der Waals surface area contributed by atoms with Gasteiger partial charge in [0.05, 0.1) is 12.1 Å². The minimum Gasteiger partial charge on any atom is -0.456 e. The number of carbonyl (C=O) groups is 1. The first-order valence-corrected chi connectivity index (χ1v) is 12.3. The normalized spacial score (nSPS) is 10.6. The van der Waals surface area contributed by atoms with Crippen LogP contribution in [0.25, 0.3) is 10.8 Å². The third-order valence-corrected chi connectivity index (χ3v) is 5.29. The number of rotatable bonds is 4. The Morgan fingerprint density at radius 3 is 2.25 bits per heavy atom. The molecule has 4 rings (SSSR count). The summed E-state index contributed by atoms with van der Waals surface area (Å²) in [6.45, 7) is 9.93. The molecule has 0 saturated heterocycles. The van der Waals surface area contributed by atoms with Crippen LogP contribution < -0.4 is 5.56 Å². The first kappa shape index (κ1) is 26.5. The van der Waals surface area contributed by atoms with Gasteiger partial charge in [-0.2, -0.15) is 0 Å².